The SMILES string of the molecule is O=C(NC1CC2CCC1C2)c1ccc(F)c2ccccc12. The molecule has 2 aromatic carbocycles. The number of amides is 1. The van der Waals surface area contributed by atoms with Gasteiger partial charge in [-0.15, -0.1) is 0 Å². The summed E-state index contributed by atoms with van der Waals surface area (Å²) in [5, 5.41) is 4.38. The molecular weight excluding hydrogens is 265 g/mol. The second-order valence-corrected chi connectivity index (χ2v) is 6.40. The van der Waals surface area contributed by atoms with Crippen LogP contribution in [0.2, 0.25) is 0 Å². The molecule has 1 amide bonds. The molecule has 4 rings (SSSR count). The maximum Gasteiger partial charge on any atom is 0.252 e. The lowest BCUT2D eigenvalue weighted by molar-refractivity contribution is 0.0924. The van der Waals surface area contributed by atoms with Crippen LogP contribution in [0.25, 0.3) is 10.8 Å². The second-order valence-electron chi connectivity index (χ2n) is 6.40. The van der Waals surface area contributed by atoms with Gasteiger partial charge < -0.3 is 5.32 Å². The van der Waals surface area contributed by atoms with Gasteiger partial charge in [0.05, 0.1) is 0 Å². The van der Waals surface area contributed by atoms with Gasteiger partial charge in [-0.05, 0) is 48.6 Å². The summed E-state index contributed by atoms with van der Waals surface area (Å²) < 4.78 is 13.8. The van der Waals surface area contributed by atoms with Crippen LogP contribution >= 0.6 is 0 Å². The maximum absolute atomic E-state index is 13.8. The van der Waals surface area contributed by atoms with E-state index in [0.29, 0.717) is 28.3 Å². The fraction of sp³-hybridized carbons (Fsp3) is 0.389. The van der Waals surface area contributed by atoms with E-state index in [1.165, 1.54) is 25.3 Å². The Balaban J connectivity index is 1.64. The van der Waals surface area contributed by atoms with E-state index in [9.17, 15) is 9.18 Å². The average molecular weight is 283 g/mol. The van der Waals surface area contributed by atoms with Gasteiger partial charge in [-0.25, -0.2) is 4.39 Å². The van der Waals surface area contributed by atoms with Crippen molar-refractivity contribution >= 4 is 16.7 Å². The van der Waals surface area contributed by atoms with Crippen LogP contribution in [-0.2, 0) is 0 Å². The molecular formula is C18H18FNO. The summed E-state index contributed by atoms with van der Waals surface area (Å²) in [5.74, 6) is 1.10. The molecule has 0 heterocycles. The highest BCUT2D eigenvalue weighted by atomic mass is 19.1. The molecule has 0 radical (unpaired) electrons. The van der Waals surface area contributed by atoms with Gasteiger partial charge in [-0.3, -0.25) is 4.79 Å². The van der Waals surface area contributed by atoms with Crippen LogP contribution in [0.15, 0.2) is 36.4 Å². The number of hydrogen-bond acceptors (Lipinski definition) is 1. The summed E-state index contributed by atoms with van der Waals surface area (Å²) in [6, 6.07) is 10.5. The van der Waals surface area contributed by atoms with Crippen LogP contribution in [0.3, 0.4) is 0 Å². The lowest BCUT2D eigenvalue weighted by Gasteiger charge is -2.23. The molecule has 0 saturated heterocycles. The minimum absolute atomic E-state index is 0.0660. The highest BCUT2D eigenvalue weighted by Crippen LogP contribution is 2.44. The van der Waals surface area contributed by atoms with Gasteiger partial charge >= 0.3 is 0 Å². The molecule has 0 aliphatic heterocycles. The molecule has 2 nitrogen and oxygen atoms in total. The van der Waals surface area contributed by atoms with E-state index >= 15 is 0 Å². The minimum Gasteiger partial charge on any atom is -0.349 e. The van der Waals surface area contributed by atoms with E-state index in [1.807, 2.05) is 12.1 Å². The molecule has 2 saturated carbocycles. The standard InChI is InChI=1S/C18H18FNO/c19-16-8-7-15(13-3-1-2-4-14(13)16)18(21)20-17-10-11-5-6-12(17)9-11/h1-4,7-8,11-12,17H,5-6,9-10H2,(H,20,21). The van der Waals surface area contributed by atoms with Crippen LogP contribution in [0.1, 0.15) is 36.0 Å². The third-order valence-electron chi connectivity index (χ3n) is 5.17. The van der Waals surface area contributed by atoms with Gasteiger partial charge in [0.15, 0.2) is 0 Å². The number of benzene rings is 2. The van der Waals surface area contributed by atoms with E-state index in [4.69, 9.17) is 0 Å². The second kappa shape index (κ2) is 4.83. The third-order valence-corrected chi connectivity index (χ3v) is 5.17. The molecule has 2 aliphatic carbocycles. The lowest BCUT2D eigenvalue weighted by Crippen LogP contribution is -2.38. The van der Waals surface area contributed by atoms with Crippen molar-refractivity contribution < 1.29 is 9.18 Å². The van der Waals surface area contributed by atoms with Crippen molar-refractivity contribution in [2.75, 3.05) is 0 Å². The minimum atomic E-state index is -0.276. The molecule has 2 aliphatic rings. The van der Waals surface area contributed by atoms with Gasteiger partial charge in [0.2, 0.25) is 0 Å². The maximum atomic E-state index is 13.8. The summed E-state index contributed by atoms with van der Waals surface area (Å²) in [6.45, 7) is 0. The Kier molecular flexibility index (Phi) is 2.95. The first kappa shape index (κ1) is 12.8. The highest BCUT2D eigenvalue weighted by Gasteiger charge is 2.40. The van der Waals surface area contributed by atoms with Gasteiger partial charge in [-0.2, -0.15) is 0 Å². The Hall–Kier alpha value is -1.90. The summed E-state index contributed by atoms with van der Waals surface area (Å²) >= 11 is 0. The van der Waals surface area contributed by atoms with Crippen LogP contribution in [-0.4, -0.2) is 11.9 Å². The zero-order chi connectivity index (χ0) is 14.4. The van der Waals surface area contributed by atoms with E-state index in [2.05, 4.69) is 5.32 Å². The predicted molar refractivity (Wildman–Crippen MR) is 80.6 cm³/mol. The molecule has 2 bridgehead atoms. The average Bonchev–Trinajstić information content (AvgIpc) is 3.10. The zero-order valence-electron chi connectivity index (χ0n) is 11.8. The third kappa shape index (κ3) is 2.11. The van der Waals surface area contributed by atoms with E-state index in [1.54, 1.807) is 18.2 Å². The molecule has 2 fully saturated rings. The van der Waals surface area contributed by atoms with Crippen LogP contribution in [0.5, 0.6) is 0 Å². The summed E-state index contributed by atoms with van der Waals surface area (Å²) in [5.41, 5.74) is 0.578. The Morgan fingerprint density at radius 2 is 1.86 bits per heavy atom. The molecule has 3 heteroatoms. The number of rotatable bonds is 2. The van der Waals surface area contributed by atoms with Gasteiger partial charge in [-0.1, -0.05) is 30.7 Å². The van der Waals surface area contributed by atoms with E-state index in [0.717, 1.165) is 12.3 Å². The summed E-state index contributed by atoms with van der Waals surface area (Å²) in [6.07, 6.45) is 4.92. The van der Waals surface area contributed by atoms with Crippen LogP contribution < -0.4 is 5.32 Å². The molecule has 0 aromatic heterocycles. The van der Waals surface area contributed by atoms with Gasteiger partial charge in [0, 0.05) is 17.0 Å². The Bertz CT molecular complexity index is 711. The fourth-order valence-electron chi connectivity index (χ4n) is 4.13. The predicted octanol–water partition coefficient (Wildman–Crippen LogP) is 3.90. The number of carbonyl (C=O) groups excluding carboxylic acids is 1. The Labute approximate surface area is 123 Å². The quantitative estimate of drug-likeness (QED) is 0.890. The number of carbonyl (C=O) groups is 1. The Morgan fingerprint density at radius 1 is 1.05 bits per heavy atom. The first-order chi connectivity index (χ1) is 10.2. The van der Waals surface area contributed by atoms with Crippen molar-refractivity contribution in [2.45, 2.75) is 31.7 Å². The highest BCUT2D eigenvalue weighted by molar-refractivity contribution is 6.07. The van der Waals surface area contributed by atoms with Crippen molar-refractivity contribution in [3.8, 4) is 0 Å². The zero-order valence-corrected chi connectivity index (χ0v) is 11.8. The molecule has 0 spiro atoms. The summed E-state index contributed by atoms with van der Waals surface area (Å²) in [7, 11) is 0. The number of nitrogens with one attached hydrogen (secondary N) is 1. The molecule has 1 N–H and O–H groups in total. The van der Waals surface area contributed by atoms with Crippen molar-refractivity contribution in [1.82, 2.24) is 5.32 Å². The Morgan fingerprint density at radius 3 is 2.57 bits per heavy atom. The van der Waals surface area contributed by atoms with Crippen molar-refractivity contribution in [2.24, 2.45) is 11.8 Å². The first-order valence-electron chi connectivity index (χ1n) is 7.70. The smallest absolute Gasteiger partial charge is 0.252 e. The number of hydrogen-bond donors (Lipinski definition) is 1. The van der Waals surface area contributed by atoms with E-state index in [-0.39, 0.29) is 11.7 Å². The normalized spacial score (nSPS) is 27.2. The molecule has 21 heavy (non-hydrogen) atoms. The van der Waals surface area contributed by atoms with Crippen molar-refractivity contribution in [3.63, 3.8) is 0 Å². The van der Waals surface area contributed by atoms with Gasteiger partial charge in [0.25, 0.3) is 5.91 Å². The monoisotopic (exact) mass is 283 g/mol. The fourth-order valence-corrected chi connectivity index (χ4v) is 4.13. The van der Waals surface area contributed by atoms with Crippen molar-refractivity contribution in [1.29, 1.82) is 0 Å². The molecule has 3 atom stereocenters. The molecule has 2 aromatic rings. The van der Waals surface area contributed by atoms with E-state index < -0.39 is 0 Å². The number of halogens is 1. The van der Waals surface area contributed by atoms with Crippen LogP contribution in [0, 0.1) is 17.7 Å². The number of fused-ring (bicyclic) bond motifs is 3. The van der Waals surface area contributed by atoms with Gasteiger partial charge in [0.1, 0.15) is 5.82 Å². The first-order valence-corrected chi connectivity index (χ1v) is 7.70. The summed E-state index contributed by atoms with van der Waals surface area (Å²) in [4.78, 5) is 12.6. The molecule has 108 valence electrons. The topological polar surface area (TPSA) is 29.1 Å². The van der Waals surface area contributed by atoms with Crippen LogP contribution in [0.4, 0.5) is 4.39 Å². The lowest BCUT2D eigenvalue weighted by atomic mass is 9.94. The molecule has 3 unspecified atom stereocenters. The van der Waals surface area contributed by atoms with Crippen molar-refractivity contribution in [3.05, 3.63) is 47.8 Å². The largest absolute Gasteiger partial charge is 0.349 e.